The molecule has 2 nitrogen and oxygen atoms in total. The number of Topliss-reactive ketones (excluding diaryl/α,β-unsaturated/α-hetero) is 1. The molecule has 0 aliphatic carbocycles. The van der Waals surface area contributed by atoms with Gasteiger partial charge in [-0.15, -0.1) is 11.8 Å². The number of furan rings is 1. The van der Waals surface area contributed by atoms with Gasteiger partial charge in [0.15, 0.2) is 11.5 Å². The molecule has 2 aromatic carbocycles. The van der Waals surface area contributed by atoms with Gasteiger partial charge in [-0.2, -0.15) is 0 Å². The van der Waals surface area contributed by atoms with Gasteiger partial charge in [0.2, 0.25) is 0 Å². The number of carbonyl (C=O) groups is 1. The molecular formula is C22H18O2S. The maximum absolute atomic E-state index is 12.4. The number of thioether (sulfide) groups is 1. The molecule has 1 heterocycles. The third-order valence-electron chi connectivity index (χ3n) is 3.61. The van der Waals surface area contributed by atoms with Gasteiger partial charge in [-0.05, 0) is 29.8 Å². The number of ketones is 1. The van der Waals surface area contributed by atoms with Crippen molar-refractivity contribution in [1.29, 1.82) is 0 Å². The van der Waals surface area contributed by atoms with Crippen molar-refractivity contribution in [2.45, 2.75) is 17.4 Å². The lowest BCUT2D eigenvalue weighted by Crippen LogP contribution is -2.09. The van der Waals surface area contributed by atoms with Crippen molar-refractivity contribution in [3.8, 4) is 11.8 Å². The Morgan fingerprint density at radius 1 is 0.960 bits per heavy atom. The molecular weight excluding hydrogens is 328 g/mol. The molecule has 0 saturated heterocycles. The third-order valence-corrected chi connectivity index (χ3v) is 4.80. The SMILES string of the molecule is O=C(CC(C#Cc1ccccc1)SCc1ccccc1)c1ccco1. The van der Waals surface area contributed by atoms with E-state index in [-0.39, 0.29) is 11.0 Å². The Morgan fingerprint density at radius 2 is 1.68 bits per heavy atom. The first-order valence-corrected chi connectivity index (χ1v) is 9.15. The normalized spacial score (nSPS) is 11.4. The van der Waals surface area contributed by atoms with E-state index in [1.54, 1.807) is 23.9 Å². The molecule has 3 heteroatoms. The van der Waals surface area contributed by atoms with Crippen LogP contribution in [-0.2, 0) is 5.75 Å². The predicted octanol–water partition coefficient (Wildman–Crippen LogP) is 5.21. The van der Waals surface area contributed by atoms with E-state index in [0.717, 1.165) is 11.3 Å². The molecule has 0 fully saturated rings. The molecule has 1 atom stereocenters. The van der Waals surface area contributed by atoms with Crippen molar-refractivity contribution in [3.63, 3.8) is 0 Å². The molecule has 0 amide bonds. The Labute approximate surface area is 152 Å². The van der Waals surface area contributed by atoms with Gasteiger partial charge in [-0.25, -0.2) is 0 Å². The molecule has 25 heavy (non-hydrogen) atoms. The zero-order valence-corrected chi connectivity index (χ0v) is 14.5. The average molecular weight is 346 g/mol. The second kappa shape index (κ2) is 8.96. The monoisotopic (exact) mass is 346 g/mol. The maximum atomic E-state index is 12.4. The van der Waals surface area contributed by atoms with Gasteiger partial charge in [-0.1, -0.05) is 60.4 Å². The van der Waals surface area contributed by atoms with Gasteiger partial charge in [0.25, 0.3) is 0 Å². The highest BCUT2D eigenvalue weighted by Crippen LogP contribution is 2.22. The lowest BCUT2D eigenvalue weighted by molar-refractivity contribution is 0.0959. The molecule has 3 aromatic rings. The van der Waals surface area contributed by atoms with Gasteiger partial charge >= 0.3 is 0 Å². The molecule has 1 unspecified atom stereocenters. The number of benzene rings is 2. The second-order valence-corrected chi connectivity index (χ2v) is 6.72. The summed E-state index contributed by atoms with van der Waals surface area (Å²) >= 11 is 1.68. The molecule has 0 aliphatic rings. The fourth-order valence-corrected chi connectivity index (χ4v) is 3.31. The summed E-state index contributed by atoms with van der Waals surface area (Å²) in [4.78, 5) is 12.4. The van der Waals surface area contributed by atoms with Crippen molar-refractivity contribution in [2.24, 2.45) is 0 Å². The summed E-state index contributed by atoms with van der Waals surface area (Å²) in [6.07, 6.45) is 1.86. The van der Waals surface area contributed by atoms with Crippen LogP contribution >= 0.6 is 11.8 Å². The molecule has 124 valence electrons. The highest BCUT2D eigenvalue weighted by molar-refractivity contribution is 7.99. The van der Waals surface area contributed by atoms with Crippen molar-refractivity contribution < 1.29 is 9.21 Å². The molecule has 0 bridgehead atoms. The van der Waals surface area contributed by atoms with E-state index in [1.807, 2.05) is 48.5 Å². The van der Waals surface area contributed by atoms with E-state index in [2.05, 4.69) is 24.0 Å². The van der Waals surface area contributed by atoms with Crippen molar-refractivity contribution in [2.75, 3.05) is 0 Å². The minimum absolute atomic E-state index is 0.0158. The highest BCUT2D eigenvalue weighted by Gasteiger charge is 2.16. The molecule has 0 radical (unpaired) electrons. The van der Waals surface area contributed by atoms with Gasteiger partial charge in [-0.3, -0.25) is 4.79 Å². The minimum Gasteiger partial charge on any atom is -0.461 e. The first kappa shape index (κ1) is 17.1. The van der Waals surface area contributed by atoms with Crippen LogP contribution in [0, 0.1) is 11.8 Å². The Morgan fingerprint density at radius 3 is 2.36 bits per heavy atom. The fourth-order valence-electron chi connectivity index (χ4n) is 2.31. The number of hydrogen-bond acceptors (Lipinski definition) is 3. The first-order chi connectivity index (χ1) is 12.3. The van der Waals surface area contributed by atoms with E-state index < -0.39 is 0 Å². The summed E-state index contributed by atoms with van der Waals surface area (Å²) in [6.45, 7) is 0. The summed E-state index contributed by atoms with van der Waals surface area (Å²) in [5, 5.41) is -0.0852. The molecule has 0 aliphatic heterocycles. The summed E-state index contributed by atoms with van der Waals surface area (Å²) < 4.78 is 5.21. The van der Waals surface area contributed by atoms with Crippen LogP contribution in [-0.4, -0.2) is 11.0 Å². The van der Waals surface area contributed by atoms with Gasteiger partial charge in [0.05, 0.1) is 11.5 Å². The second-order valence-electron chi connectivity index (χ2n) is 5.53. The largest absolute Gasteiger partial charge is 0.461 e. The summed E-state index contributed by atoms with van der Waals surface area (Å²) in [6, 6.07) is 23.5. The molecule has 1 aromatic heterocycles. The quantitative estimate of drug-likeness (QED) is 0.453. The van der Waals surface area contributed by atoms with Gasteiger partial charge in [0, 0.05) is 17.7 Å². The van der Waals surface area contributed by atoms with E-state index in [9.17, 15) is 4.79 Å². The Balaban J connectivity index is 1.71. The first-order valence-electron chi connectivity index (χ1n) is 8.10. The van der Waals surface area contributed by atoms with E-state index >= 15 is 0 Å². The van der Waals surface area contributed by atoms with Crippen molar-refractivity contribution in [3.05, 3.63) is 95.9 Å². The number of carbonyl (C=O) groups excluding carboxylic acids is 1. The molecule has 0 N–H and O–H groups in total. The highest BCUT2D eigenvalue weighted by atomic mass is 32.2. The third kappa shape index (κ3) is 5.41. The van der Waals surface area contributed by atoms with Crippen LogP contribution in [0.25, 0.3) is 0 Å². The zero-order valence-electron chi connectivity index (χ0n) is 13.7. The van der Waals surface area contributed by atoms with Crippen molar-refractivity contribution in [1.82, 2.24) is 0 Å². The molecule has 0 spiro atoms. The average Bonchev–Trinajstić information content (AvgIpc) is 3.20. The minimum atomic E-state index is -0.0852. The van der Waals surface area contributed by atoms with E-state index in [0.29, 0.717) is 12.2 Å². The number of rotatable bonds is 6. The standard InChI is InChI=1S/C22H18O2S/c23-21(22-12-7-15-24-22)16-20(14-13-18-8-3-1-4-9-18)25-17-19-10-5-2-6-11-19/h1-12,15,20H,16-17H2. The predicted molar refractivity (Wildman–Crippen MR) is 103 cm³/mol. The van der Waals surface area contributed by atoms with Crippen LogP contribution in [0.1, 0.15) is 28.1 Å². The van der Waals surface area contributed by atoms with Crippen LogP contribution in [0.4, 0.5) is 0 Å². The summed E-state index contributed by atoms with van der Waals surface area (Å²) in [7, 11) is 0. The zero-order chi connectivity index (χ0) is 17.3. The summed E-state index contributed by atoms with van der Waals surface area (Å²) in [5.74, 6) is 7.63. The number of hydrogen-bond donors (Lipinski definition) is 0. The fraction of sp³-hybridized carbons (Fsp3) is 0.136. The van der Waals surface area contributed by atoms with Crippen LogP contribution in [0.2, 0.25) is 0 Å². The van der Waals surface area contributed by atoms with Crippen LogP contribution in [0.15, 0.2) is 83.5 Å². The van der Waals surface area contributed by atoms with Gasteiger partial charge in [0.1, 0.15) is 0 Å². The van der Waals surface area contributed by atoms with Crippen LogP contribution in [0.3, 0.4) is 0 Å². The summed E-state index contributed by atoms with van der Waals surface area (Å²) in [5.41, 5.74) is 2.18. The Bertz CT molecular complexity index is 843. The van der Waals surface area contributed by atoms with Gasteiger partial charge < -0.3 is 4.42 Å². The topological polar surface area (TPSA) is 30.2 Å². The Kier molecular flexibility index (Phi) is 6.14. The lowest BCUT2D eigenvalue weighted by Gasteiger charge is -2.09. The van der Waals surface area contributed by atoms with Crippen molar-refractivity contribution >= 4 is 17.5 Å². The van der Waals surface area contributed by atoms with E-state index in [4.69, 9.17) is 4.42 Å². The molecule has 3 rings (SSSR count). The smallest absolute Gasteiger partial charge is 0.200 e. The lowest BCUT2D eigenvalue weighted by atomic mass is 10.1. The molecule has 0 saturated carbocycles. The van der Waals surface area contributed by atoms with Crippen LogP contribution in [0.5, 0.6) is 0 Å². The maximum Gasteiger partial charge on any atom is 0.200 e. The Hall–Kier alpha value is -2.70. The van der Waals surface area contributed by atoms with Crippen LogP contribution < -0.4 is 0 Å². The van der Waals surface area contributed by atoms with E-state index in [1.165, 1.54) is 11.8 Å².